The minimum atomic E-state index is -0.455. The smallest absolute Gasteiger partial charge is 0.336 e. The van der Waals surface area contributed by atoms with Crippen molar-refractivity contribution in [3.05, 3.63) is 88.5 Å². The lowest BCUT2D eigenvalue weighted by atomic mass is 9.72. The van der Waals surface area contributed by atoms with Crippen LogP contribution in [0.3, 0.4) is 0 Å². The first kappa shape index (κ1) is 20.1. The van der Waals surface area contributed by atoms with Crippen LogP contribution < -0.4 is 5.32 Å². The summed E-state index contributed by atoms with van der Waals surface area (Å²) in [6.07, 6.45) is 5.33. The molecule has 30 heavy (non-hydrogen) atoms. The number of nitrogens with one attached hydrogen (secondary N) is 1. The fourth-order valence-electron chi connectivity index (χ4n) is 4.42. The van der Waals surface area contributed by atoms with Gasteiger partial charge in [0, 0.05) is 41.7 Å². The van der Waals surface area contributed by atoms with E-state index >= 15 is 0 Å². The molecular formula is C25H26N2O3. The van der Waals surface area contributed by atoms with Gasteiger partial charge in [-0.15, -0.1) is 0 Å². The summed E-state index contributed by atoms with van der Waals surface area (Å²) >= 11 is 0. The number of hydrogen-bond donors (Lipinski definition) is 1. The lowest BCUT2D eigenvalue weighted by Crippen LogP contribution is -2.36. The van der Waals surface area contributed by atoms with Crippen LogP contribution in [0.1, 0.15) is 56.1 Å². The first-order valence-corrected chi connectivity index (χ1v) is 10.5. The lowest BCUT2D eigenvalue weighted by molar-refractivity contribution is -0.139. The highest BCUT2D eigenvalue weighted by molar-refractivity contribution is 6.04. The summed E-state index contributed by atoms with van der Waals surface area (Å²) in [5, 5.41) is 3.37. The van der Waals surface area contributed by atoms with E-state index in [2.05, 4.69) is 22.4 Å². The minimum absolute atomic E-state index is 0.0692. The third-order valence-electron chi connectivity index (χ3n) is 5.77. The number of Topliss-reactive ketones (excluding diaryl/α,β-unsaturated/α-hetero) is 1. The van der Waals surface area contributed by atoms with Crippen molar-refractivity contribution in [1.29, 1.82) is 0 Å². The number of esters is 1. The molecule has 0 saturated heterocycles. The van der Waals surface area contributed by atoms with Gasteiger partial charge in [0.15, 0.2) is 5.78 Å². The summed E-state index contributed by atoms with van der Waals surface area (Å²) in [4.78, 5) is 30.6. The molecule has 5 nitrogen and oxygen atoms in total. The summed E-state index contributed by atoms with van der Waals surface area (Å²) < 4.78 is 5.47. The molecule has 1 aliphatic heterocycles. The first-order valence-electron chi connectivity index (χ1n) is 10.5. The van der Waals surface area contributed by atoms with E-state index in [1.165, 1.54) is 0 Å². The van der Waals surface area contributed by atoms with Gasteiger partial charge in [0.25, 0.3) is 0 Å². The molecule has 0 amide bonds. The number of hydrogen-bond acceptors (Lipinski definition) is 5. The number of carbonyl (C=O) groups excluding carboxylic acids is 2. The molecule has 2 atom stereocenters. The largest absolute Gasteiger partial charge is 0.462 e. The summed E-state index contributed by atoms with van der Waals surface area (Å²) in [6, 6.07) is 13.9. The van der Waals surface area contributed by atoms with E-state index in [-0.39, 0.29) is 17.7 Å². The Morgan fingerprint density at radius 2 is 1.90 bits per heavy atom. The molecule has 2 aliphatic rings. The molecule has 0 fully saturated rings. The van der Waals surface area contributed by atoms with Crippen LogP contribution in [0.15, 0.2) is 77.4 Å². The molecule has 1 aromatic heterocycles. The maximum Gasteiger partial charge on any atom is 0.336 e. The average molecular weight is 402 g/mol. The number of aromatic nitrogens is 1. The third kappa shape index (κ3) is 3.80. The summed E-state index contributed by atoms with van der Waals surface area (Å²) in [7, 11) is 0. The molecule has 0 unspecified atom stereocenters. The fraction of sp³-hybridized carbons (Fsp3) is 0.320. The highest BCUT2D eigenvalue weighted by Gasteiger charge is 2.41. The highest BCUT2D eigenvalue weighted by Crippen LogP contribution is 2.45. The van der Waals surface area contributed by atoms with E-state index in [4.69, 9.17) is 4.74 Å². The van der Waals surface area contributed by atoms with E-state index in [1.807, 2.05) is 44.2 Å². The Balaban J connectivity index is 1.76. The van der Waals surface area contributed by atoms with Gasteiger partial charge in [-0.05, 0) is 42.9 Å². The standard InChI is InChI=1S/C25H26N2O3/c1-3-12-30-25(29)22-16(2)27-20-13-19(17-8-5-4-6-9-17)14-21(28)24(20)23(22)18-10-7-11-26-15-18/h4-11,15,19,23,27H,3,12-14H2,1-2H3/t19-,23+/m0/s1. The monoisotopic (exact) mass is 402 g/mol. The Morgan fingerprint density at radius 1 is 1.13 bits per heavy atom. The van der Waals surface area contributed by atoms with Gasteiger partial charge in [0.05, 0.1) is 12.2 Å². The molecule has 1 N–H and O–H groups in total. The van der Waals surface area contributed by atoms with E-state index in [0.717, 1.165) is 35.4 Å². The quantitative estimate of drug-likeness (QED) is 0.751. The van der Waals surface area contributed by atoms with Crippen LogP contribution in [0, 0.1) is 0 Å². The summed E-state index contributed by atoms with van der Waals surface area (Å²) in [6.45, 7) is 4.19. The average Bonchev–Trinajstić information content (AvgIpc) is 2.77. The van der Waals surface area contributed by atoms with Crippen molar-refractivity contribution in [3.63, 3.8) is 0 Å². The van der Waals surface area contributed by atoms with Gasteiger partial charge in [-0.2, -0.15) is 0 Å². The van der Waals surface area contributed by atoms with Crippen LogP contribution in [0.5, 0.6) is 0 Å². The van der Waals surface area contributed by atoms with E-state index < -0.39 is 5.92 Å². The van der Waals surface area contributed by atoms with Gasteiger partial charge in [0.1, 0.15) is 0 Å². The zero-order valence-corrected chi connectivity index (χ0v) is 17.4. The van der Waals surface area contributed by atoms with E-state index in [1.54, 1.807) is 12.4 Å². The minimum Gasteiger partial charge on any atom is -0.462 e. The summed E-state index contributed by atoms with van der Waals surface area (Å²) in [5.74, 6) is -0.635. The molecule has 2 heterocycles. The van der Waals surface area contributed by atoms with Crippen LogP contribution >= 0.6 is 0 Å². The second-order valence-electron chi connectivity index (χ2n) is 7.85. The van der Waals surface area contributed by atoms with Gasteiger partial charge in [-0.1, -0.05) is 43.3 Å². The number of allylic oxidation sites excluding steroid dienone is 3. The van der Waals surface area contributed by atoms with E-state index in [0.29, 0.717) is 24.2 Å². The lowest BCUT2D eigenvalue weighted by Gasteiger charge is -2.36. The van der Waals surface area contributed by atoms with Crippen molar-refractivity contribution in [2.75, 3.05) is 6.61 Å². The Kier molecular flexibility index (Phi) is 5.79. The van der Waals surface area contributed by atoms with Crippen molar-refractivity contribution in [3.8, 4) is 0 Å². The number of nitrogens with zero attached hydrogens (tertiary/aromatic N) is 1. The molecule has 2 aromatic rings. The Hall–Kier alpha value is -3.21. The summed E-state index contributed by atoms with van der Waals surface area (Å²) in [5.41, 5.74) is 4.81. The molecule has 0 saturated carbocycles. The van der Waals surface area contributed by atoms with Crippen LogP contribution in [0.25, 0.3) is 0 Å². The SMILES string of the molecule is CCCOC(=O)C1=C(C)NC2=C(C(=O)C[C@@H](c3ccccc3)C2)[C@@H]1c1cccnc1. The number of rotatable bonds is 5. The Morgan fingerprint density at radius 3 is 2.60 bits per heavy atom. The predicted molar refractivity (Wildman–Crippen MR) is 115 cm³/mol. The highest BCUT2D eigenvalue weighted by atomic mass is 16.5. The molecule has 0 spiro atoms. The second kappa shape index (κ2) is 8.66. The Labute approximate surface area is 176 Å². The number of pyridine rings is 1. The van der Waals surface area contributed by atoms with Gasteiger partial charge < -0.3 is 10.1 Å². The molecule has 1 aliphatic carbocycles. The van der Waals surface area contributed by atoms with Gasteiger partial charge in [-0.3, -0.25) is 9.78 Å². The second-order valence-corrected chi connectivity index (χ2v) is 7.85. The molecule has 0 bridgehead atoms. The number of dihydropyridines is 1. The molecular weight excluding hydrogens is 376 g/mol. The van der Waals surface area contributed by atoms with Gasteiger partial charge >= 0.3 is 5.97 Å². The topological polar surface area (TPSA) is 68.3 Å². The van der Waals surface area contributed by atoms with Gasteiger partial charge in [0.2, 0.25) is 0 Å². The molecule has 4 rings (SSSR count). The van der Waals surface area contributed by atoms with Crippen LogP contribution in [0.2, 0.25) is 0 Å². The Bertz CT molecular complexity index is 1010. The number of ketones is 1. The maximum absolute atomic E-state index is 13.4. The van der Waals surface area contributed by atoms with Crippen LogP contribution in [-0.4, -0.2) is 23.3 Å². The van der Waals surface area contributed by atoms with Crippen molar-refractivity contribution >= 4 is 11.8 Å². The first-order chi connectivity index (χ1) is 14.6. The predicted octanol–water partition coefficient (Wildman–Crippen LogP) is 4.40. The van der Waals surface area contributed by atoms with Crippen LogP contribution in [-0.2, 0) is 14.3 Å². The van der Waals surface area contributed by atoms with Crippen molar-refractivity contribution in [2.45, 2.75) is 44.9 Å². The molecule has 0 radical (unpaired) electrons. The van der Waals surface area contributed by atoms with E-state index in [9.17, 15) is 9.59 Å². The third-order valence-corrected chi connectivity index (χ3v) is 5.77. The van der Waals surface area contributed by atoms with Crippen LogP contribution in [0.4, 0.5) is 0 Å². The molecule has 1 aromatic carbocycles. The van der Waals surface area contributed by atoms with Gasteiger partial charge in [-0.25, -0.2) is 4.79 Å². The zero-order chi connectivity index (χ0) is 21.1. The fourth-order valence-corrected chi connectivity index (χ4v) is 4.42. The zero-order valence-electron chi connectivity index (χ0n) is 17.4. The van der Waals surface area contributed by atoms with Crippen molar-refractivity contribution in [2.24, 2.45) is 0 Å². The molecule has 5 heteroatoms. The normalized spacial score (nSPS) is 21.2. The molecule has 154 valence electrons. The maximum atomic E-state index is 13.4. The van der Waals surface area contributed by atoms with Crippen molar-refractivity contribution in [1.82, 2.24) is 10.3 Å². The number of ether oxygens (including phenoxy) is 1. The van der Waals surface area contributed by atoms with Crippen molar-refractivity contribution < 1.29 is 14.3 Å². The number of benzene rings is 1. The number of carbonyl (C=O) groups is 2.